The van der Waals surface area contributed by atoms with Crippen LogP contribution in [0.4, 0.5) is 14.5 Å². The molecule has 0 spiro atoms. The summed E-state index contributed by atoms with van der Waals surface area (Å²) in [4.78, 5) is 0.571. The second-order valence-electron chi connectivity index (χ2n) is 3.49. The Bertz CT molecular complexity index is 516. The zero-order chi connectivity index (χ0) is 13.0. The third-order valence-electron chi connectivity index (χ3n) is 2.21. The number of rotatable bonds is 5. The van der Waals surface area contributed by atoms with E-state index in [1.807, 2.05) is 23.6 Å². The summed E-state index contributed by atoms with van der Waals surface area (Å²) in [6.07, 6.45) is 0. The molecular formula is C12H10BrF2NS2. The van der Waals surface area contributed by atoms with E-state index in [1.54, 1.807) is 23.5 Å². The van der Waals surface area contributed by atoms with Gasteiger partial charge in [-0.2, -0.15) is 8.78 Å². The lowest BCUT2D eigenvalue weighted by atomic mass is 10.3. The molecule has 0 unspecified atom stereocenters. The zero-order valence-corrected chi connectivity index (χ0v) is 12.4. The number of halogens is 3. The number of hydrogen-bond donors (Lipinski definition) is 1. The lowest BCUT2D eigenvalue weighted by Crippen LogP contribution is -1.99. The maximum atomic E-state index is 12.4. The highest BCUT2D eigenvalue weighted by molar-refractivity contribution is 9.11. The molecule has 0 aliphatic rings. The molecule has 0 saturated carbocycles. The summed E-state index contributed by atoms with van der Waals surface area (Å²) >= 11 is 5.56. The summed E-state index contributed by atoms with van der Waals surface area (Å²) in [7, 11) is 0. The number of thioether (sulfide) groups is 1. The number of anilines is 1. The van der Waals surface area contributed by atoms with Gasteiger partial charge in [0.25, 0.3) is 5.76 Å². The zero-order valence-electron chi connectivity index (χ0n) is 9.20. The van der Waals surface area contributed by atoms with Crippen molar-refractivity contribution in [3.63, 3.8) is 0 Å². The molecule has 0 fully saturated rings. The van der Waals surface area contributed by atoms with Crippen molar-refractivity contribution in [1.82, 2.24) is 0 Å². The van der Waals surface area contributed by atoms with Gasteiger partial charge >= 0.3 is 0 Å². The molecule has 2 aromatic rings. The van der Waals surface area contributed by atoms with Crippen LogP contribution in [0.3, 0.4) is 0 Å². The van der Waals surface area contributed by atoms with Crippen LogP contribution in [-0.2, 0) is 6.54 Å². The Kier molecular flexibility index (Phi) is 5.03. The molecule has 0 aliphatic heterocycles. The molecule has 0 bridgehead atoms. The Balaban J connectivity index is 2.04. The van der Waals surface area contributed by atoms with E-state index in [-0.39, 0.29) is 0 Å². The van der Waals surface area contributed by atoms with E-state index in [9.17, 15) is 8.78 Å². The van der Waals surface area contributed by atoms with E-state index in [0.29, 0.717) is 23.2 Å². The van der Waals surface area contributed by atoms with E-state index in [1.165, 1.54) is 0 Å². The van der Waals surface area contributed by atoms with Gasteiger partial charge in [-0.05, 0) is 45.1 Å². The predicted molar refractivity (Wildman–Crippen MR) is 77.6 cm³/mol. The molecule has 0 aliphatic carbocycles. The van der Waals surface area contributed by atoms with Crippen molar-refractivity contribution in [2.24, 2.45) is 0 Å². The number of benzene rings is 1. The van der Waals surface area contributed by atoms with Gasteiger partial charge in [0.15, 0.2) is 0 Å². The molecule has 1 nitrogen and oxygen atoms in total. The number of alkyl halides is 2. The highest BCUT2D eigenvalue weighted by atomic mass is 79.9. The molecule has 1 aromatic heterocycles. The molecule has 6 heteroatoms. The number of nitrogens with one attached hydrogen (secondary N) is 1. The largest absolute Gasteiger partial charge is 0.380 e. The first-order chi connectivity index (χ1) is 8.65. The smallest absolute Gasteiger partial charge is 0.288 e. The van der Waals surface area contributed by atoms with Gasteiger partial charge < -0.3 is 5.32 Å². The SMILES string of the molecule is FC(F)Sc1ccccc1NCc1csc(Br)c1. The molecule has 1 aromatic carbocycles. The van der Waals surface area contributed by atoms with Crippen LogP contribution in [-0.4, -0.2) is 5.76 Å². The molecule has 1 heterocycles. The van der Waals surface area contributed by atoms with Gasteiger partial charge in [-0.15, -0.1) is 11.3 Å². The van der Waals surface area contributed by atoms with E-state index in [4.69, 9.17) is 0 Å². The van der Waals surface area contributed by atoms with E-state index in [0.717, 1.165) is 15.0 Å². The van der Waals surface area contributed by atoms with Crippen LogP contribution in [0, 0.1) is 0 Å². The fourth-order valence-electron chi connectivity index (χ4n) is 1.45. The second kappa shape index (κ2) is 6.54. The van der Waals surface area contributed by atoms with Gasteiger partial charge in [-0.3, -0.25) is 0 Å². The molecule has 1 N–H and O–H groups in total. The first-order valence-electron chi connectivity index (χ1n) is 5.16. The van der Waals surface area contributed by atoms with Crippen LogP contribution >= 0.6 is 39.0 Å². The summed E-state index contributed by atoms with van der Waals surface area (Å²) in [6, 6.07) is 9.12. The van der Waals surface area contributed by atoms with Crippen molar-refractivity contribution in [2.45, 2.75) is 17.2 Å². The van der Waals surface area contributed by atoms with Gasteiger partial charge in [0.1, 0.15) is 0 Å². The van der Waals surface area contributed by atoms with Crippen LogP contribution < -0.4 is 5.32 Å². The van der Waals surface area contributed by atoms with Crippen molar-refractivity contribution in [3.05, 3.63) is 45.1 Å². The number of thiophene rings is 1. The van der Waals surface area contributed by atoms with Gasteiger partial charge in [0, 0.05) is 17.1 Å². The lowest BCUT2D eigenvalue weighted by molar-refractivity contribution is 0.252. The summed E-state index contributed by atoms with van der Waals surface area (Å²) in [5.41, 5.74) is 1.87. The lowest BCUT2D eigenvalue weighted by Gasteiger charge is -2.10. The maximum absolute atomic E-state index is 12.4. The highest BCUT2D eigenvalue weighted by Gasteiger charge is 2.09. The third kappa shape index (κ3) is 3.96. The summed E-state index contributed by atoms with van der Waals surface area (Å²) in [5.74, 6) is -2.40. The van der Waals surface area contributed by atoms with Crippen molar-refractivity contribution in [1.29, 1.82) is 0 Å². The Labute approximate surface area is 121 Å². The summed E-state index contributed by atoms with van der Waals surface area (Å²) in [5, 5.41) is 5.21. The van der Waals surface area contributed by atoms with Crippen LogP contribution in [0.2, 0.25) is 0 Å². The Morgan fingerprint density at radius 2 is 2.11 bits per heavy atom. The van der Waals surface area contributed by atoms with Crippen molar-refractivity contribution < 1.29 is 8.78 Å². The molecule has 0 radical (unpaired) electrons. The fraction of sp³-hybridized carbons (Fsp3) is 0.167. The first-order valence-corrected chi connectivity index (χ1v) is 7.71. The summed E-state index contributed by atoms with van der Waals surface area (Å²) < 4.78 is 25.9. The van der Waals surface area contributed by atoms with E-state index in [2.05, 4.69) is 21.2 Å². The summed E-state index contributed by atoms with van der Waals surface area (Å²) in [6.45, 7) is 0.628. The molecular weight excluding hydrogens is 340 g/mol. The molecule has 2 rings (SSSR count). The van der Waals surface area contributed by atoms with Crippen LogP contribution in [0.25, 0.3) is 0 Å². The monoisotopic (exact) mass is 349 g/mol. The quantitative estimate of drug-likeness (QED) is 0.721. The average Bonchev–Trinajstić information content (AvgIpc) is 2.73. The van der Waals surface area contributed by atoms with Crippen molar-refractivity contribution in [3.8, 4) is 0 Å². The second-order valence-corrected chi connectivity index (χ2v) is 6.81. The standard InChI is InChI=1S/C12H10BrF2NS2/c13-11-5-8(7-17-11)6-16-9-3-1-2-4-10(9)18-12(14)15/h1-5,7,12,16H,6H2. The molecule has 96 valence electrons. The number of para-hydroxylation sites is 1. The van der Waals surface area contributed by atoms with Gasteiger partial charge in [0.05, 0.1) is 3.79 Å². The topological polar surface area (TPSA) is 12.0 Å². The molecule has 0 atom stereocenters. The van der Waals surface area contributed by atoms with Crippen molar-refractivity contribution >= 4 is 44.7 Å². The maximum Gasteiger partial charge on any atom is 0.288 e. The molecule has 0 saturated heterocycles. The Hall–Kier alpha value is -0.590. The van der Waals surface area contributed by atoms with Crippen LogP contribution in [0.5, 0.6) is 0 Å². The van der Waals surface area contributed by atoms with E-state index >= 15 is 0 Å². The number of hydrogen-bond acceptors (Lipinski definition) is 3. The first kappa shape index (κ1) is 13.8. The molecule has 18 heavy (non-hydrogen) atoms. The minimum Gasteiger partial charge on any atom is -0.380 e. The van der Waals surface area contributed by atoms with Gasteiger partial charge in [-0.1, -0.05) is 23.9 Å². The fourth-order valence-corrected chi connectivity index (χ4v) is 3.27. The minimum absolute atomic E-state index is 0.563. The Morgan fingerprint density at radius 3 is 2.78 bits per heavy atom. The van der Waals surface area contributed by atoms with Crippen molar-refractivity contribution in [2.75, 3.05) is 5.32 Å². The predicted octanol–water partition coefficient (Wildman–Crippen LogP) is 5.44. The minimum atomic E-state index is -2.40. The average molecular weight is 350 g/mol. The van der Waals surface area contributed by atoms with Gasteiger partial charge in [-0.25, -0.2) is 0 Å². The normalized spacial score (nSPS) is 10.9. The van der Waals surface area contributed by atoms with Gasteiger partial charge in [0.2, 0.25) is 0 Å². The Morgan fingerprint density at radius 1 is 1.33 bits per heavy atom. The van der Waals surface area contributed by atoms with Crippen LogP contribution in [0.15, 0.2) is 44.4 Å². The third-order valence-corrected chi connectivity index (χ3v) is 4.55. The molecule has 0 amide bonds. The van der Waals surface area contributed by atoms with E-state index < -0.39 is 5.76 Å². The highest BCUT2D eigenvalue weighted by Crippen LogP contribution is 2.32. The van der Waals surface area contributed by atoms with Crippen LogP contribution in [0.1, 0.15) is 5.56 Å².